The summed E-state index contributed by atoms with van der Waals surface area (Å²) in [5.41, 5.74) is 1.07. The van der Waals surface area contributed by atoms with Gasteiger partial charge in [-0.1, -0.05) is 32.5 Å². The van der Waals surface area contributed by atoms with Crippen molar-refractivity contribution in [3.63, 3.8) is 0 Å². The molecule has 0 aliphatic heterocycles. The molecule has 0 fully saturated rings. The summed E-state index contributed by atoms with van der Waals surface area (Å²) in [6, 6.07) is 1.90. The van der Waals surface area contributed by atoms with E-state index in [4.69, 9.17) is 12.2 Å². The fraction of sp³-hybridized carbons (Fsp3) is 0.700. The predicted molar refractivity (Wildman–Crippen MR) is 67.9 cm³/mol. The van der Waals surface area contributed by atoms with Gasteiger partial charge >= 0.3 is 0 Å². The van der Waals surface area contributed by atoms with Gasteiger partial charge in [-0.2, -0.15) is 0 Å². The van der Waals surface area contributed by atoms with Gasteiger partial charge in [-0.3, -0.25) is 4.68 Å². The molecule has 1 aromatic rings. The van der Waals surface area contributed by atoms with Crippen LogP contribution >= 0.6 is 12.2 Å². The Bertz CT molecular complexity index is 485. The molecule has 0 aromatic carbocycles. The van der Waals surface area contributed by atoms with Crippen LogP contribution in [0, 0.1) is 4.64 Å². The lowest BCUT2D eigenvalue weighted by Gasteiger charge is -2.03. The van der Waals surface area contributed by atoms with Crippen LogP contribution in [0.15, 0.2) is 6.07 Å². The molecular weight excluding hydrogens is 244 g/mol. The zero-order chi connectivity index (χ0) is 12.2. The van der Waals surface area contributed by atoms with E-state index in [0.29, 0.717) is 11.2 Å². The molecule has 1 aromatic heterocycles. The first-order valence-corrected chi connectivity index (χ1v) is 7.70. The number of nitrogens with zero attached hydrogens (tertiary/aromatic N) is 1. The highest BCUT2D eigenvalue weighted by Crippen LogP contribution is 2.03. The van der Waals surface area contributed by atoms with Gasteiger partial charge in [-0.05, 0) is 12.5 Å². The van der Waals surface area contributed by atoms with E-state index < -0.39 is 9.84 Å². The Balaban J connectivity index is 2.71. The summed E-state index contributed by atoms with van der Waals surface area (Å²) in [5, 5.41) is 3.13. The number of aromatic nitrogens is 2. The molecule has 0 amide bonds. The molecule has 0 saturated carbocycles. The molecule has 1 heterocycles. The Morgan fingerprint density at radius 1 is 1.44 bits per heavy atom. The van der Waals surface area contributed by atoms with E-state index in [0.717, 1.165) is 18.5 Å². The molecule has 0 saturated heterocycles. The average Bonchev–Trinajstić information content (AvgIpc) is 2.57. The molecule has 0 spiro atoms. The number of aromatic amines is 1. The van der Waals surface area contributed by atoms with Crippen molar-refractivity contribution in [2.75, 3.05) is 11.5 Å². The van der Waals surface area contributed by atoms with Crippen molar-refractivity contribution in [2.24, 2.45) is 0 Å². The maximum absolute atomic E-state index is 11.4. The Morgan fingerprint density at radius 2 is 2.12 bits per heavy atom. The van der Waals surface area contributed by atoms with Gasteiger partial charge in [-0.15, -0.1) is 0 Å². The summed E-state index contributed by atoms with van der Waals surface area (Å²) >= 11 is 5.15. The molecular formula is C10H18N2O2S2. The molecule has 6 heteroatoms. The van der Waals surface area contributed by atoms with Crippen molar-refractivity contribution in [3.05, 3.63) is 16.4 Å². The fourth-order valence-electron chi connectivity index (χ4n) is 1.43. The normalized spacial score (nSPS) is 11.9. The number of hydrogen-bond acceptors (Lipinski definition) is 3. The summed E-state index contributed by atoms with van der Waals surface area (Å²) < 4.78 is 25.1. The quantitative estimate of drug-likeness (QED) is 0.797. The third-order valence-corrected chi connectivity index (χ3v) is 4.45. The molecule has 0 bridgehead atoms. The van der Waals surface area contributed by atoms with Crippen LogP contribution in [0.4, 0.5) is 0 Å². The van der Waals surface area contributed by atoms with Gasteiger partial charge in [0.2, 0.25) is 0 Å². The molecule has 1 rings (SSSR count). The smallest absolute Gasteiger partial charge is 0.151 e. The first-order chi connectivity index (χ1) is 7.48. The van der Waals surface area contributed by atoms with Crippen LogP contribution in [0.25, 0.3) is 0 Å². The second kappa shape index (κ2) is 5.63. The van der Waals surface area contributed by atoms with Crippen molar-refractivity contribution < 1.29 is 8.42 Å². The van der Waals surface area contributed by atoms with Crippen molar-refractivity contribution >= 4 is 22.1 Å². The molecule has 92 valence electrons. The topological polar surface area (TPSA) is 54.9 Å². The Morgan fingerprint density at radius 3 is 2.69 bits per heavy atom. The summed E-state index contributed by atoms with van der Waals surface area (Å²) in [6.07, 6.45) is 1.99. The lowest BCUT2D eigenvalue weighted by Crippen LogP contribution is -2.15. The highest BCUT2D eigenvalue weighted by Gasteiger charge is 2.08. The van der Waals surface area contributed by atoms with E-state index in [2.05, 4.69) is 12.0 Å². The lowest BCUT2D eigenvalue weighted by molar-refractivity contribution is 0.578. The SMILES string of the molecule is CCCc1cc(=S)n(CCS(=O)(=O)CC)[nH]1. The first kappa shape index (κ1) is 13.4. The summed E-state index contributed by atoms with van der Waals surface area (Å²) in [4.78, 5) is 0. The second-order valence-corrected chi connectivity index (χ2v) is 6.65. The van der Waals surface area contributed by atoms with Crippen LogP contribution in [0.1, 0.15) is 26.0 Å². The maximum Gasteiger partial charge on any atom is 0.151 e. The minimum Gasteiger partial charge on any atom is -0.302 e. The minimum absolute atomic E-state index is 0.143. The highest BCUT2D eigenvalue weighted by molar-refractivity contribution is 7.91. The van der Waals surface area contributed by atoms with Gasteiger partial charge in [-0.25, -0.2) is 8.42 Å². The number of hydrogen-bond donors (Lipinski definition) is 1. The van der Waals surface area contributed by atoms with E-state index >= 15 is 0 Å². The van der Waals surface area contributed by atoms with Gasteiger partial charge in [0.15, 0.2) is 9.84 Å². The zero-order valence-electron chi connectivity index (χ0n) is 9.69. The number of sulfone groups is 1. The molecule has 0 aliphatic carbocycles. The lowest BCUT2D eigenvalue weighted by atomic mass is 10.3. The fourth-order valence-corrected chi connectivity index (χ4v) is 2.45. The number of H-pyrrole nitrogens is 1. The van der Waals surface area contributed by atoms with Gasteiger partial charge in [0, 0.05) is 11.4 Å². The van der Waals surface area contributed by atoms with Crippen molar-refractivity contribution in [3.8, 4) is 0 Å². The van der Waals surface area contributed by atoms with Crippen LogP contribution in [0.2, 0.25) is 0 Å². The molecule has 16 heavy (non-hydrogen) atoms. The van der Waals surface area contributed by atoms with Gasteiger partial charge in [0.05, 0.1) is 12.3 Å². The predicted octanol–water partition coefficient (Wildman–Crippen LogP) is 1.93. The van der Waals surface area contributed by atoms with E-state index in [1.807, 2.05) is 6.07 Å². The Kier molecular flexibility index (Phi) is 4.73. The average molecular weight is 262 g/mol. The number of aryl methyl sites for hydroxylation is 2. The summed E-state index contributed by atoms with van der Waals surface area (Å²) in [5.74, 6) is 0.326. The standard InChI is InChI=1S/C10H18N2O2S2/c1-3-5-9-8-10(15)12(11-9)6-7-16(13,14)4-2/h8,11H,3-7H2,1-2H3. The third-order valence-electron chi connectivity index (χ3n) is 2.43. The van der Waals surface area contributed by atoms with E-state index in [1.165, 1.54) is 0 Å². The second-order valence-electron chi connectivity index (χ2n) is 3.76. The largest absolute Gasteiger partial charge is 0.302 e. The molecule has 4 nitrogen and oxygen atoms in total. The number of rotatable bonds is 6. The summed E-state index contributed by atoms with van der Waals surface area (Å²) in [7, 11) is -2.92. The van der Waals surface area contributed by atoms with Crippen LogP contribution in [-0.4, -0.2) is 29.7 Å². The molecule has 0 atom stereocenters. The van der Waals surface area contributed by atoms with Crippen LogP contribution in [-0.2, 0) is 22.8 Å². The molecule has 0 aliphatic rings. The molecule has 0 unspecified atom stereocenters. The minimum atomic E-state index is -2.92. The monoisotopic (exact) mass is 262 g/mol. The van der Waals surface area contributed by atoms with Gasteiger partial charge in [0.25, 0.3) is 0 Å². The summed E-state index contributed by atoms with van der Waals surface area (Å²) in [6.45, 7) is 4.17. The number of nitrogens with one attached hydrogen (secondary N) is 1. The van der Waals surface area contributed by atoms with Crippen LogP contribution in [0.5, 0.6) is 0 Å². The Hall–Kier alpha value is -0.620. The van der Waals surface area contributed by atoms with Crippen molar-refractivity contribution in [2.45, 2.75) is 33.2 Å². The zero-order valence-corrected chi connectivity index (χ0v) is 11.3. The van der Waals surface area contributed by atoms with Crippen LogP contribution in [0.3, 0.4) is 0 Å². The molecule has 1 N–H and O–H groups in total. The highest BCUT2D eigenvalue weighted by atomic mass is 32.2. The van der Waals surface area contributed by atoms with E-state index in [9.17, 15) is 8.42 Å². The Labute approximate surface area is 102 Å². The van der Waals surface area contributed by atoms with Crippen molar-refractivity contribution in [1.29, 1.82) is 0 Å². The van der Waals surface area contributed by atoms with Gasteiger partial charge in [0.1, 0.15) is 4.64 Å². The maximum atomic E-state index is 11.4. The van der Waals surface area contributed by atoms with Crippen LogP contribution < -0.4 is 0 Å². The third kappa shape index (κ3) is 3.75. The van der Waals surface area contributed by atoms with Crippen molar-refractivity contribution in [1.82, 2.24) is 9.78 Å². The molecule has 0 radical (unpaired) electrons. The van der Waals surface area contributed by atoms with E-state index in [1.54, 1.807) is 11.6 Å². The van der Waals surface area contributed by atoms with Gasteiger partial charge < -0.3 is 5.10 Å². The van der Waals surface area contributed by atoms with E-state index in [-0.39, 0.29) is 11.5 Å². The first-order valence-electron chi connectivity index (χ1n) is 5.47.